The summed E-state index contributed by atoms with van der Waals surface area (Å²) >= 11 is 0. The van der Waals surface area contributed by atoms with Crippen molar-refractivity contribution >= 4 is 17.6 Å². The van der Waals surface area contributed by atoms with Crippen LogP contribution in [0.4, 0.5) is 10.5 Å². The minimum atomic E-state index is -0.264. The molecule has 0 bridgehead atoms. The predicted molar refractivity (Wildman–Crippen MR) is 134 cm³/mol. The monoisotopic (exact) mass is 477 g/mol. The molecular weight excluding hydrogens is 442 g/mol. The third-order valence-electron chi connectivity index (χ3n) is 8.21. The molecule has 0 atom stereocenters. The Bertz CT molecular complexity index is 1060. The van der Waals surface area contributed by atoms with Crippen LogP contribution in [-0.4, -0.2) is 96.0 Å². The van der Waals surface area contributed by atoms with E-state index in [4.69, 9.17) is 0 Å². The zero-order valence-corrected chi connectivity index (χ0v) is 20.9. The average molecular weight is 478 g/mol. The lowest BCUT2D eigenvalue weighted by Crippen LogP contribution is -2.54. The van der Waals surface area contributed by atoms with Gasteiger partial charge in [-0.15, -0.1) is 0 Å². The third-order valence-corrected chi connectivity index (χ3v) is 8.21. The Morgan fingerprint density at radius 3 is 2.20 bits per heavy atom. The fraction of sp³-hybridized carbons (Fsp3) is 0.538. The maximum absolute atomic E-state index is 13.0. The topological polar surface area (TPSA) is 84.9 Å². The van der Waals surface area contributed by atoms with E-state index in [1.165, 1.54) is 5.56 Å². The molecule has 1 N–H and O–H groups in total. The van der Waals surface area contributed by atoms with E-state index in [9.17, 15) is 9.59 Å². The van der Waals surface area contributed by atoms with Crippen molar-refractivity contribution in [2.45, 2.75) is 36.8 Å². The Morgan fingerprint density at radius 1 is 0.971 bits per heavy atom. The Morgan fingerprint density at radius 2 is 1.60 bits per heavy atom. The smallest absolute Gasteiger partial charge is 0.322 e. The van der Waals surface area contributed by atoms with Crippen molar-refractivity contribution in [2.24, 2.45) is 0 Å². The second-order valence-electron chi connectivity index (χ2n) is 10.4. The van der Waals surface area contributed by atoms with Gasteiger partial charge in [0.2, 0.25) is 5.82 Å². The molecule has 1 aromatic heterocycles. The Kier molecular flexibility index (Phi) is 6.23. The summed E-state index contributed by atoms with van der Waals surface area (Å²) in [6, 6.07) is 10.5. The van der Waals surface area contributed by atoms with Crippen molar-refractivity contribution < 1.29 is 9.59 Å². The van der Waals surface area contributed by atoms with Crippen molar-refractivity contribution in [3.63, 3.8) is 0 Å². The number of piperazine rings is 1. The summed E-state index contributed by atoms with van der Waals surface area (Å²) in [4.78, 5) is 42.4. The van der Waals surface area contributed by atoms with Gasteiger partial charge in [0, 0.05) is 31.7 Å². The van der Waals surface area contributed by atoms with Gasteiger partial charge in [-0.25, -0.2) is 14.8 Å². The summed E-state index contributed by atoms with van der Waals surface area (Å²) in [5, 5.41) is 3.27. The van der Waals surface area contributed by atoms with Crippen LogP contribution in [0, 0.1) is 0 Å². The molecule has 2 aromatic rings. The van der Waals surface area contributed by atoms with E-state index in [0.29, 0.717) is 25.3 Å². The number of amides is 3. The molecule has 0 radical (unpaired) electrons. The number of urea groups is 1. The zero-order valence-electron chi connectivity index (χ0n) is 20.9. The first-order chi connectivity index (χ1) is 16.8. The lowest BCUT2D eigenvalue weighted by molar-refractivity contribution is 0.0651. The first-order valence-corrected chi connectivity index (χ1v) is 12.4. The second-order valence-corrected chi connectivity index (χ2v) is 10.4. The largest absolute Gasteiger partial charge is 0.333 e. The molecule has 2 aliphatic heterocycles. The van der Waals surface area contributed by atoms with Gasteiger partial charge in [0.25, 0.3) is 5.91 Å². The first-order valence-electron chi connectivity index (χ1n) is 12.4. The summed E-state index contributed by atoms with van der Waals surface area (Å²) in [5.74, 6) is 0.0316. The number of nitrogens with zero attached hydrogens (tertiary/aromatic N) is 6. The molecule has 1 spiro atoms. The molecule has 1 aromatic carbocycles. The minimum absolute atomic E-state index is 0.0287. The predicted octanol–water partition coefficient (Wildman–Crippen LogP) is 2.16. The van der Waals surface area contributed by atoms with E-state index in [-0.39, 0.29) is 28.8 Å². The van der Waals surface area contributed by atoms with Crippen LogP contribution in [0.25, 0.3) is 0 Å². The first kappa shape index (κ1) is 23.7. The maximum Gasteiger partial charge on any atom is 0.322 e. The van der Waals surface area contributed by atoms with Crippen molar-refractivity contribution in [2.75, 3.05) is 58.8 Å². The number of hydrogen-bond donors (Lipinski definition) is 1. The quantitative estimate of drug-likeness (QED) is 0.727. The summed E-state index contributed by atoms with van der Waals surface area (Å²) in [7, 11) is 6.34. The highest BCUT2D eigenvalue weighted by Crippen LogP contribution is 2.46. The average Bonchev–Trinajstić information content (AvgIpc) is 3.20. The highest BCUT2D eigenvalue weighted by Gasteiger charge is 2.50. The van der Waals surface area contributed by atoms with Crippen molar-refractivity contribution in [1.82, 2.24) is 30.0 Å². The van der Waals surface area contributed by atoms with Crippen molar-refractivity contribution in [1.29, 1.82) is 0 Å². The molecule has 5 rings (SSSR count). The SMILES string of the molecule is CN1CCN(C(=O)c2ncc(N3CC4(CCC(c5ccccc5)(N(C)C)CC4)NC3=O)cn2)CC1. The molecule has 1 aliphatic carbocycles. The van der Waals surface area contributed by atoms with Gasteiger partial charge in [-0.3, -0.25) is 14.6 Å². The van der Waals surface area contributed by atoms with Gasteiger partial charge in [-0.1, -0.05) is 30.3 Å². The Hall–Kier alpha value is -3.04. The van der Waals surface area contributed by atoms with E-state index in [0.717, 1.165) is 38.8 Å². The summed E-state index contributed by atoms with van der Waals surface area (Å²) in [6.07, 6.45) is 6.92. The fourth-order valence-corrected chi connectivity index (χ4v) is 5.81. The van der Waals surface area contributed by atoms with Gasteiger partial charge in [-0.05, 0) is 52.4 Å². The molecule has 2 saturated heterocycles. The zero-order chi connectivity index (χ0) is 24.6. The number of benzene rings is 1. The number of carbonyl (C=O) groups excluding carboxylic acids is 2. The van der Waals surface area contributed by atoms with E-state index < -0.39 is 0 Å². The standard InChI is InChI=1S/C26H35N7O2/c1-30(2)26(20-7-5-4-6-8-20)11-9-25(10-12-26)19-33(24(35)29-25)21-17-27-22(28-18-21)23(34)32-15-13-31(3)14-16-32/h4-8,17-18H,9-16,19H2,1-3H3,(H,29,35). The lowest BCUT2D eigenvalue weighted by atomic mass is 9.69. The molecular formula is C26H35N7O2. The molecule has 3 aliphatic rings. The van der Waals surface area contributed by atoms with Crippen LogP contribution in [0.5, 0.6) is 0 Å². The molecule has 3 fully saturated rings. The molecule has 3 amide bonds. The van der Waals surface area contributed by atoms with E-state index in [1.807, 2.05) is 0 Å². The van der Waals surface area contributed by atoms with Crippen LogP contribution < -0.4 is 10.2 Å². The third kappa shape index (κ3) is 4.38. The summed E-state index contributed by atoms with van der Waals surface area (Å²) < 4.78 is 0. The van der Waals surface area contributed by atoms with Crippen LogP contribution in [0.2, 0.25) is 0 Å². The second kappa shape index (κ2) is 9.20. The number of nitrogens with one attached hydrogen (secondary N) is 1. The molecule has 35 heavy (non-hydrogen) atoms. The lowest BCUT2D eigenvalue weighted by Gasteiger charge is -2.48. The number of aromatic nitrogens is 2. The van der Waals surface area contributed by atoms with Crippen molar-refractivity contribution in [3.8, 4) is 0 Å². The Labute approximate surface area is 207 Å². The van der Waals surface area contributed by atoms with Crippen LogP contribution in [-0.2, 0) is 5.54 Å². The van der Waals surface area contributed by atoms with Gasteiger partial charge in [0.05, 0.1) is 30.2 Å². The van der Waals surface area contributed by atoms with Crippen LogP contribution in [0.15, 0.2) is 42.7 Å². The molecule has 186 valence electrons. The van der Waals surface area contributed by atoms with E-state index in [2.05, 4.69) is 76.6 Å². The number of rotatable bonds is 4. The van der Waals surface area contributed by atoms with Gasteiger partial charge in [0.1, 0.15) is 0 Å². The van der Waals surface area contributed by atoms with Gasteiger partial charge >= 0.3 is 6.03 Å². The summed E-state index contributed by atoms with van der Waals surface area (Å²) in [5.41, 5.74) is 1.66. The fourth-order valence-electron chi connectivity index (χ4n) is 5.81. The number of likely N-dealkylation sites (N-methyl/N-ethyl adjacent to an activating group) is 1. The number of carbonyl (C=O) groups is 2. The Balaban J connectivity index is 1.27. The maximum atomic E-state index is 13.0. The minimum Gasteiger partial charge on any atom is -0.333 e. The van der Waals surface area contributed by atoms with E-state index in [1.54, 1.807) is 22.2 Å². The van der Waals surface area contributed by atoms with E-state index >= 15 is 0 Å². The van der Waals surface area contributed by atoms with Crippen LogP contribution >= 0.6 is 0 Å². The number of anilines is 1. The highest BCUT2D eigenvalue weighted by molar-refractivity contribution is 5.95. The number of hydrogen-bond acceptors (Lipinski definition) is 6. The molecule has 3 heterocycles. The molecule has 1 saturated carbocycles. The molecule has 9 nitrogen and oxygen atoms in total. The van der Waals surface area contributed by atoms with Gasteiger partial charge in [-0.2, -0.15) is 0 Å². The summed E-state index contributed by atoms with van der Waals surface area (Å²) in [6.45, 7) is 3.63. The highest BCUT2D eigenvalue weighted by atomic mass is 16.2. The molecule has 9 heteroatoms. The molecule has 0 unspecified atom stereocenters. The van der Waals surface area contributed by atoms with Gasteiger partial charge < -0.3 is 15.1 Å². The van der Waals surface area contributed by atoms with Crippen molar-refractivity contribution in [3.05, 3.63) is 54.1 Å². The van der Waals surface area contributed by atoms with Crippen LogP contribution in [0.1, 0.15) is 41.9 Å². The normalized spacial score (nSPS) is 27.5. The van der Waals surface area contributed by atoms with Gasteiger partial charge in [0.15, 0.2) is 0 Å². The van der Waals surface area contributed by atoms with Crippen LogP contribution in [0.3, 0.4) is 0 Å².